The second-order valence-corrected chi connectivity index (χ2v) is 4.07. The van der Waals surface area contributed by atoms with Crippen molar-refractivity contribution in [2.45, 2.75) is 32.2 Å². The van der Waals surface area contributed by atoms with Gasteiger partial charge in [0, 0.05) is 6.54 Å². The first kappa shape index (κ1) is 12.0. The van der Waals surface area contributed by atoms with Crippen molar-refractivity contribution in [1.82, 2.24) is 4.90 Å². The number of carboxylic acid groups (broad SMARTS) is 1. The summed E-state index contributed by atoms with van der Waals surface area (Å²) in [5.41, 5.74) is 5.61. The lowest BCUT2D eigenvalue weighted by atomic mass is 10.2. The van der Waals surface area contributed by atoms with Gasteiger partial charge < -0.3 is 15.7 Å². The Balaban J connectivity index is 2.52. The molecule has 0 aromatic rings. The van der Waals surface area contributed by atoms with E-state index in [0.29, 0.717) is 18.9 Å². The van der Waals surface area contributed by atoms with Crippen molar-refractivity contribution in [1.29, 1.82) is 0 Å². The molecule has 1 aliphatic carbocycles. The first-order valence-electron chi connectivity index (χ1n) is 5.30. The number of hydrogen-bond donors (Lipinski definition) is 2. The molecule has 3 N–H and O–H groups in total. The van der Waals surface area contributed by atoms with Crippen molar-refractivity contribution in [2.75, 3.05) is 13.1 Å². The van der Waals surface area contributed by atoms with Crippen molar-refractivity contribution in [2.24, 2.45) is 11.7 Å². The number of hydrogen-bond acceptors (Lipinski definition) is 3. The number of carbonyl (C=O) groups excluding carboxylic acids is 1. The van der Waals surface area contributed by atoms with Crippen LogP contribution in [0.4, 0.5) is 0 Å². The molecule has 1 unspecified atom stereocenters. The molecule has 0 aromatic carbocycles. The van der Waals surface area contributed by atoms with Gasteiger partial charge in [0.25, 0.3) is 0 Å². The molecule has 1 fully saturated rings. The molecule has 5 heteroatoms. The lowest BCUT2D eigenvalue weighted by Crippen LogP contribution is -2.46. The topological polar surface area (TPSA) is 83.6 Å². The van der Waals surface area contributed by atoms with E-state index < -0.39 is 12.0 Å². The highest BCUT2D eigenvalue weighted by atomic mass is 16.4. The molecule has 0 saturated heterocycles. The summed E-state index contributed by atoms with van der Waals surface area (Å²) in [6.45, 7) is 2.13. The van der Waals surface area contributed by atoms with Gasteiger partial charge in [-0.15, -0.1) is 0 Å². The highest BCUT2D eigenvalue weighted by Crippen LogP contribution is 2.29. The summed E-state index contributed by atoms with van der Waals surface area (Å²) in [6.07, 6.45) is 2.72. The Morgan fingerprint density at radius 3 is 2.53 bits per heavy atom. The van der Waals surface area contributed by atoms with Crippen LogP contribution in [0.3, 0.4) is 0 Å². The lowest BCUT2D eigenvalue weighted by molar-refractivity contribution is -0.145. The number of carboxylic acids is 1. The molecule has 0 spiro atoms. The SMILES string of the molecule is CCC(N)C(=O)N(CC(=O)O)CC1CC1. The third kappa shape index (κ3) is 3.87. The molecule has 1 aliphatic rings. The average molecular weight is 214 g/mol. The normalized spacial score (nSPS) is 17.2. The summed E-state index contributed by atoms with van der Waals surface area (Å²) in [5.74, 6) is -0.739. The van der Waals surface area contributed by atoms with Crippen LogP contribution in [-0.4, -0.2) is 41.0 Å². The van der Waals surface area contributed by atoms with Gasteiger partial charge in [-0.1, -0.05) is 6.92 Å². The fraction of sp³-hybridized carbons (Fsp3) is 0.800. The number of nitrogens with zero attached hydrogens (tertiary/aromatic N) is 1. The van der Waals surface area contributed by atoms with Crippen LogP contribution in [0, 0.1) is 5.92 Å². The van der Waals surface area contributed by atoms with Crippen LogP contribution in [0.5, 0.6) is 0 Å². The summed E-state index contributed by atoms with van der Waals surface area (Å²) in [5, 5.41) is 8.69. The minimum absolute atomic E-state index is 0.233. The minimum Gasteiger partial charge on any atom is -0.480 e. The fourth-order valence-electron chi connectivity index (χ4n) is 1.42. The Morgan fingerprint density at radius 2 is 2.13 bits per heavy atom. The third-order valence-electron chi connectivity index (χ3n) is 2.57. The highest BCUT2D eigenvalue weighted by molar-refractivity contribution is 5.85. The Kier molecular flexibility index (Phi) is 4.08. The van der Waals surface area contributed by atoms with Gasteiger partial charge in [0.2, 0.25) is 5.91 Å². The summed E-state index contributed by atoms with van der Waals surface area (Å²) >= 11 is 0. The smallest absolute Gasteiger partial charge is 0.323 e. The van der Waals surface area contributed by atoms with Gasteiger partial charge in [-0.25, -0.2) is 0 Å². The van der Waals surface area contributed by atoms with E-state index in [1.165, 1.54) is 4.90 Å². The molecule has 5 nitrogen and oxygen atoms in total. The fourth-order valence-corrected chi connectivity index (χ4v) is 1.42. The molecular weight excluding hydrogens is 196 g/mol. The predicted octanol–water partition coefficient (Wildman–Crippen LogP) is 0.0469. The monoisotopic (exact) mass is 214 g/mol. The number of amides is 1. The summed E-state index contributed by atoms with van der Waals surface area (Å²) in [7, 11) is 0. The molecule has 1 amide bonds. The van der Waals surface area contributed by atoms with E-state index in [4.69, 9.17) is 10.8 Å². The molecule has 15 heavy (non-hydrogen) atoms. The zero-order chi connectivity index (χ0) is 11.4. The van der Waals surface area contributed by atoms with Gasteiger partial charge in [-0.3, -0.25) is 9.59 Å². The van der Waals surface area contributed by atoms with Gasteiger partial charge in [0.1, 0.15) is 6.54 Å². The van der Waals surface area contributed by atoms with Crippen LogP contribution < -0.4 is 5.73 Å². The van der Waals surface area contributed by atoms with Crippen molar-refractivity contribution >= 4 is 11.9 Å². The van der Waals surface area contributed by atoms with Crippen molar-refractivity contribution in [3.8, 4) is 0 Å². The molecule has 1 atom stereocenters. The number of aliphatic carboxylic acids is 1. The number of nitrogens with two attached hydrogens (primary N) is 1. The standard InChI is InChI=1S/C10H18N2O3/c1-2-8(11)10(15)12(6-9(13)14)5-7-3-4-7/h7-8H,2-6,11H2,1H3,(H,13,14). The van der Waals surface area contributed by atoms with Gasteiger partial charge in [0.05, 0.1) is 6.04 Å². The van der Waals surface area contributed by atoms with Crippen LogP contribution in [0.15, 0.2) is 0 Å². The Morgan fingerprint density at radius 1 is 1.53 bits per heavy atom. The molecule has 86 valence electrons. The molecule has 0 heterocycles. The van der Waals surface area contributed by atoms with Crippen LogP contribution >= 0.6 is 0 Å². The van der Waals surface area contributed by atoms with E-state index in [0.717, 1.165) is 12.8 Å². The van der Waals surface area contributed by atoms with Crippen molar-refractivity contribution in [3.05, 3.63) is 0 Å². The van der Waals surface area contributed by atoms with Crippen LogP contribution in [0.1, 0.15) is 26.2 Å². The largest absolute Gasteiger partial charge is 0.480 e. The maximum Gasteiger partial charge on any atom is 0.323 e. The first-order valence-corrected chi connectivity index (χ1v) is 5.30. The number of rotatable bonds is 6. The third-order valence-corrected chi connectivity index (χ3v) is 2.57. The molecule has 0 aromatic heterocycles. The highest BCUT2D eigenvalue weighted by Gasteiger charge is 2.29. The summed E-state index contributed by atoms with van der Waals surface area (Å²) in [6, 6.07) is -0.567. The van der Waals surface area contributed by atoms with E-state index in [2.05, 4.69) is 0 Å². The lowest BCUT2D eigenvalue weighted by Gasteiger charge is -2.23. The Bertz CT molecular complexity index is 251. The van der Waals surface area contributed by atoms with E-state index in [1.54, 1.807) is 0 Å². The van der Waals surface area contributed by atoms with Crippen molar-refractivity contribution < 1.29 is 14.7 Å². The van der Waals surface area contributed by atoms with E-state index in [9.17, 15) is 9.59 Å². The van der Waals surface area contributed by atoms with E-state index in [1.807, 2.05) is 6.92 Å². The maximum absolute atomic E-state index is 11.7. The Hall–Kier alpha value is -1.10. The quantitative estimate of drug-likeness (QED) is 0.654. The Labute approximate surface area is 89.2 Å². The zero-order valence-corrected chi connectivity index (χ0v) is 8.98. The summed E-state index contributed by atoms with van der Waals surface area (Å²) < 4.78 is 0. The minimum atomic E-state index is -0.979. The van der Waals surface area contributed by atoms with Crippen LogP contribution in [-0.2, 0) is 9.59 Å². The maximum atomic E-state index is 11.7. The molecule has 0 radical (unpaired) electrons. The molecule has 1 saturated carbocycles. The summed E-state index contributed by atoms with van der Waals surface area (Å²) in [4.78, 5) is 23.7. The van der Waals surface area contributed by atoms with Gasteiger partial charge >= 0.3 is 5.97 Å². The van der Waals surface area contributed by atoms with Gasteiger partial charge in [0.15, 0.2) is 0 Å². The second kappa shape index (κ2) is 5.11. The molecular formula is C10H18N2O3. The predicted molar refractivity (Wildman–Crippen MR) is 55.2 cm³/mol. The van der Waals surface area contributed by atoms with Crippen molar-refractivity contribution in [3.63, 3.8) is 0 Å². The van der Waals surface area contributed by atoms with Crippen LogP contribution in [0.25, 0.3) is 0 Å². The molecule has 0 bridgehead atoms. The first-order chi connectivity index (χ1) is 7.04. The van der Waals surface area contributed by atoms with Gasteiger partial charge in [-0.2, -0.15) is 0 Å². The van der Waals surface area contributed by atoms with E-state index in [-0.39, 0.29) is 12.5 Å². The van der Waals surface area contributed by atoms with E-state index >= 15 is 0 Å². The van der Waals surface area contributed by atoms with Gasteiger partial charge in [-0.05, 0) is 25.2 Å². The number of carbonyl (C=O) groups is 2. The molecule has 0 aliphatic heterocycles. The van der Waals surface area contributed by atoms with Crippen LogP contribution in [0.2, 0.25) is 0 Å². The zero-order valence-electron chi connectivity index (χ0n) is 8.98. The molecule has 1 rings (SSSR count). The second-order valence-electron chi connectivity index (χ2n) is 4.07. The average Bonchev–Trinajstić information content (AvgIpc) is 2.97.